The molecule has 8 heteroatoms. The average Bonchev–Trinajstić information content (AvgIpc) is 2.83. The Kier molecular flexibility index (Phi) is 4.39. The Morgan fingerprint density at radius 3 is 2.39 bits per heavy atom. The zero-order valence-electron chi connectivity index (χ0n) is 14.0. The lowest BCUT2D eigenvalue weighted by Crippen LogP contribution is -2.39. The van der Waals surface area contributed by atoms with Crippen LogP contribution in [0.4, 0.5) is 18.0 Å². The van der Waals surface area contributed by atoms with Gasteiger partial charge in [0.1, 0.15) is 5.60 Å². The molecule has 1 saturated heterocycles. The fraction of sp³-hybridized carbons (Fsp3) is 0.933. The van der Waals surface area contributed by atoms with E-state index in [4.69, 9.17) is 9.84 Å². The number of carbonyl (C=O) groups excluding carboxylic acids is 1. The highest BCUT2D eigenvalue weighted by Crippen LogP contribution is 2.74. The molecule has 23 heavy (non-hydrogen) atoms. The van der Waals surface area contributed by atoms with Crippen LogP contribution in [0.25, 0.3) is 0 Å². The first-order valence-corrected chi connectivity index (χ1v) is 7.70. The first-order valence-electron chi connectivity index (χ1n) is 7.70. The molecular formula is C15H25F3N2O3. The number of hydrogen-bond acceptors (Lipinski definition) is 4. The Labute approximate surface area is 134 Å². The third-order valence-electron chi connectivity index (χ3n) is 4.73. The third-order valence-corrected chi connectivity index (χ3v) is 4.73. The third kappa shape index (κ3) is 3.28. The zero-order valence-corrected chi connectivity index (χ0v) is 14.0. The molecule has 2 aliphatic rings. The maximum Gasteiger partial charge on any atom is 0.410 e. The number of ether oxygens (including phenoxy) is 1. The Hall–Kier alpha value is -1.02. The molecule has 0 radical (unpaired) electrons. The van der Waals surface area contributed by atoms with Gasteiger partial charge in [-0.2, -0.15) is 13.2 Å². The summed E-state index contributed by atoms with van der Waals surface area (Å²) in [5.74, 6) is 0. The Bertz CT molecular complexity index is 478. The molecule has 2 atom stereocenters. The van der Waals surface area contributed by atoms with Crippen LogP contribution in [0.1, 0.15) is 27.2 Å². The number of nitrogens with zero attached hydrogens (tertiary/aromatic N) is 2. The van der Waals surface area contributed by atoms with Crippen molar-refractivity contribution in [2.75, 3.05) is 39.8 Å². The minimum absolute atomic E-state index is 0.0264. The van der Waals surface area contributed by atoms with Crippen molar-refractivity contribution in [2.24, 2.45) is 10.8 Å². The number of alkyl halides is 3. The molecular weight excluding hydrogens is 313 g/mol. The molecule has 1 N–H and O–H groups in total. The maximum atomic E-state index is 13.6. The van der Waals surface area contributed by atoms with Crippen LogP contribution in [0.5, 0.6) is 0 Å². The zero-order chi connectivity index (χ0) is 17.7. The molecule has 0 aromatic rings. The van der Waals surface area contributed by atoms with Crippen LogP contribution in [0, 0.1) is 10.8 Å². The summed E-state index contributed by atoms with van der Waals surface area (Å²) in [6, 6.07) is 0. The van der Waals surface area contributed by atoms with E-state index in [1.54, 1.807) is 32.7 Å². The number of aliphatic hydroxyl groups excluding tert-OH is 1. The summed E-state index contributed by atoms with van der Waals surface area (Å²) >= 11 is 0. The lowest BCUT2D eigenvalue weighted by Gasteiger charge is -2.27. The van der Waals surface area contributed by atoms with E-state index in [2.05, 4.69) is 0 Å². The van der Waals surface area contributed by atoms with Crippen molar-refractivity contribution in [3.8, 4) is 0 Å². The molecule has 134 valence electrons. The molecule has 1 heterocycles. The largest absolute Gasteiger partial charge is 0.444 e. The van der Waals surface area contributed by atoms with Crippen molar-refractivity contribution in [2.45, 2.75) is 39.0 Å². The molecule has 1 amide bonds. The summed E-state index contributed by atoms with van der Waals surface area (Å²) in [5, 5.41) is 8.95. The van der Waals surface area contributed by atoms with E-state index in [1.165, 1.54) is 4.90 Å². The maximum absolute atomic E-state index is 13.6. The van der Waals surface area contributed by atoms with Crippen molar-refractivity contribution in [3.63, 3.8) is 0 Å². The number of carbonyl (C=O) groups is 1. The Balaban J connectivity index is 2.15. The smallest absolute Gasteiger partial charge is 0.410 e. The number of amides is 1. The molecule has 0 bridgehead atoms. The van der Waals surface area contributed by atoms with Crippen molar-refractivity contribution in [1.82, 2.24) is 9.80 Å². The minimum Gasteiger partial charge on any atom is -0.444 e. The van der Waals surface area contributed by atoms with E-state index >= 15 is 0 Å². The quantitative estimate of drug-likeness (QED) is 0.853. The number of aliphatic hydroxyl groups is 1. The van der Waals surface area contributed by atoms with E-state index in [-0.39, 0.29) is 32.7 Å². The van der Waals surface area contributed by atoms with Gasteiger partial charge in [-0.1, -0.05) is 0 Å². The van der Waals surface area contributed by atoms with E-state index in [1.807, 2.05) is 0 Å². The number of hydrogen-bond donors (Lipinski definition) is 1. The molecule has 1 aliphatic carbocycles. The molecule has 5 nitrogen and oxygen atoms in total. The van der Waals surface area contributed by atoms with Crippen LogP contribution < -0.4 is 0 Å². The van der Waals surface area contributed by atoms with Crippen LogP contribution in [0.3, 0.4) is 0 Å². The van der Waals surface area contributed by atoms with E-state index in [0.29, 0.717) is 6.54 Å². The molecule has 0 unspecified atom stereocenters. The lowest BCUT2D eigenvalue weighted by molar-refractivity contribution is -0.193. The lowest BCUT2D eigenvalue weighted by atomic mass is 9.95. The molecule has 2 fully saturated rings. The predicted octanol–water partition coefficient (Wildman–Crippen LogP) is 2.10. The highest BCUT2D eigenvalue weighted by Gasteiger charge is 2.83. The van der Waals surface area contributed by atoms with Crippen molar-refractivity contribution >= 4 is 6.09 Å². The van der Waals surface area contributed by atoms with Crippen LogP contribution in [-0.2, 0) is 4.74 Å². The normalized spacial score (nSPS) is 30.6. The van der Waals surface area contributed by atoms with E-state index in [9.17, 15) is 18.0 Å². The molecule has 0 spiro atoms. The highest BCUT2D eigenvalue weighted by atomic mass is 19.4. The Morgan fingerprint density at radius 2 is 1.91 bits per heavy atom. The monoisotopic (exact) mass is 338 g/mol. The summed E-state index contributed by atoms with van der Waals surface area (Å²) in [6.07, 6.45) is -5.03. The van der Waals surface area contributed by atoms with Gasteiger partial charge in [-0.3, -0.25) is 0 Å². The molecule has 1 saturated carbocycles. The second-order valence-corrected chi connectivity index (χ2v) is 7.83. The molecule has 0 aromatic carbocycles. The van der Waals surface area contributed by atoms with Crippen molar-refractivity contribution < 1.29 is 27.8 Å². The summed E-state index contributed by atoms with van der Waals surface area (Å²) in [4.78, 5) is 15.0. The second kappa shape index (κ2) is 5.51. The first kappa shape index (κ1) is 18.3. The van der Waals surface area contributed by atoms with Crippen LogP contribution in [-0.4, -0.2) is 72.6 Å². The number of fused-ring (bicyclic) bond motifs is 1. The van der Waals surface area contributed by atoms with Gasteiger partial charge in [-0.05, 0) is 34.2 Å². The highest BCUT2D eigenvalue weighted by molar-refractivity contribution is 5.69. The number of likely N-dealkylation sites (N-methyl/N-ethyl adjacent to an activating group) is 1. The van der Waals surface area contributed by atoms with Crippen LogP contribution >= 0.6 is 0 Å². The molecule has 2 rings (SSSR count). The second-order valence-electron chi connectivity index (χ2n) is 7.83. The van der Waals surface area contributed by atoms with Crippen molar-refractivity contribution in [3.05, 3.63) is 0 Å². The molecule has 1 aliphatic heterocycles. The fourth-order valence-corrected chi connectivity index (χ4v) is 3.68. The van der Waals surface area contributed by atoms with Gasteiger partial charge in [0.2, 0.25) is 0 Å². The van der Waals surface area contributed by atoms with Crippen molar-refractivity contribution in [1.29, 1.82) is 0 Å². The summed E-state index contributed by atoms with van der Waals surface area (Å²) < 4.78 is 46.0. The number of piperidine rings is 1. The fourth-order valence-electron chi connectivity index (χ4n) is 3.68. The van der Waals surface area contributed by atoms with Gasteiger partial charge in [0.15, 0.2) is 0 Å². The van der Waals surface area contributed by atoms with Gasteiger partial charge < -0.3 is 19.6 Å². The van der Waals surface area contributed by atoms with Gasteiger partial charge >= 0.3 is 12.3 Å². The van der Waals surface area contributed by atoms with E-state index < -0.39 is 28.7 Å². The van der Waals surface area contributed by atoms with E-state index in [0.717, 1.165) is 0 Å². The van der Waals surface area contributed by atoms with Crippen LogP contribution in [0.15, 0.2) is 0 Å². The number of likely N-dealkylation sites (tertiary alicyclic amines) is 1. The summed E-state index contributed by atoms with van der Waals surface area (Å²) in [7, 11) is 1.68. The summed E-state index contributed by atoms with van der Waals surface area (Å²) in [6.45, 7) is 5.15. The predicted molar refractivity (Wildman–Crippen MR) is 77.9 cm³/mol. The van der Waals surface area contributed by atoms with Gasteiger partial charge in [0, 0.05) is 31.6 Å². The van der Waals surface area contributed by atoms with Crippen LogP contribution in [0.2, 0.25) is 0 Å². The standard InChI is InChI=1S/C15H25F3N2O3/c1-12(2,3)23-11(22)20-9-13(8-19(4)5-6-21)7-14(13,10-20)15(16,17)18/h21H,5-10H2,1-4H3/t13-,14+/m0/s1. The van der Waals surface area contributed by atoms with Gasteiger partial charge in [0.05, 0.1) is 12.0 Å². The SMILES string of the molecule is CN(CCO)C[C@@]12CN(C(=O)OC(C)(C)C)C[C@]1(C(F)(F)F)C2. The minimum atomic E-state index is -4.36. The van der Waals surface area contributed by atoms with Gasteiger partial charge in [0.25, 0.3) is 0 Å². The number of halogens is 3. The topological polar surface area (TPSA) is 53.0 Å². The average molecular weight is 338 g/mol. The Morgan fingerprint density at radius 1 is 1.30 bits per heavy atom. The first-order chi connectivity index (χ1) is 10.4. The van der Waals surface area contributed by atoms with Gasteiger partial charge in [-0.25, -0.2) is 4.79 Å². The van der Waals surface area contributed by atoms with Gasteiger partial charge in [-0.15, -0.1) is 0 Å². The summed E-state index contributed by atoms with van der Waals surface area (Å²) in [5.41, 5.74) is -3.58. The molecule has 0 aromatic heterocycles. The number of rotatable bonds is 4.